The van der Waals surface area contributed by atoms with Gasteiger partial charge in [0, 0.05) is 37.4 Å². The van der Waals surface area contributed by atoms with E-state index in [2.05, 4.69) is 49.0 Å². The van der Waals surface area contributed by atoms with Gasteiger partial charge in [-0.25, -0.2) is 4.98 Å². The summed E-state index contributed by atoms with van der Waals surface area (Å²) in [4.78, 5) is 6.77. The Labute approximate surface area is 98.9 Å². The highest BCUT2D eigenvalue weighted by molar-refractivity contribution is 5.46. The first-order chi connectivity index (χ1) is 7.69. The van der Waals surface area contributed by atoms with Crippen molar-refractivity contribution in [1.29, 1.82) is 0 Å². The molecule has 0 saturated heterocycles. The van der Waals surface area contributed by atoms with E-state index < -0.39 is 0 Å². The Kier molecular flexibility index (Phi) is 5.26. The van der Waals surface area contributed by atoms with Crippen LogP contribution in [-0.4, -0.2) is 24.1 Å². The van der Waals surface area contributed by atoms with Crippen molar-refractivity contribution < 1.29 is 0 Å². The lowest BCUT2D eigenvalue weighted by Gasteiger charge is -2.23. The van der Waals surface area contributed by atoms with Gasteiger partial charge < -0.3 is 10.2 Å². The second-order valence-corrected chi connectivity index (χ2v) is 4.19. The Balaban J connectivity index is 2.82. The van der Waals surface area contributed by atoms with Crippen LogP contribution in [0.4, 0.5) is 5.82 Å². The van der Waals surface area contributed by atoms with E-state index in [1.54, 1.807) is 0 Å². The van der Waals surface area contributed by atoms with E-state index in [1.807, 2.05) is 12.3 Å². The molecule has 1 rings (SSSR count). The van der Waals surface area contributed by atoms with E-state index in [-0.39, 0.29) is 0 Å². The summed E-state index contributed by atoms with van der Waals surface area (Å²) in [6.45, 7) is 11.5. The van der Waals surface area contributed by atoms with Crippen molar-refractivity contribution in [2.45, 2.75) is 40.3 Å². The molecule has 0 aliphatic rings. The van der Waals surface area contributed by atoms with Crippen molar-refractivity contribution in [1.82, 2.24) is 10.3 Å². The largest absolute Gasteiger partial charge is 0.357 e. The van der Waals surface area contributed by atoms with Gasteiger partial charge >= 0.3 is 0 Å². The summed E-state index contributed by atoms with van der Waals surface area (Å²) < 4.78 is 0. The first-order valence-electron chi connectivity index (χ1n) is 6.11. The maximum absolute atomic E-state index is 4.48. The predicted octanol–water partition coefficient (Wildman–Crippen LogP) is 2.43. The third kappa shape index (κ3) is 3.49. The summed E-state index contributed by atoms with van der Waals surface area (Å²) in [5.41, 5.74) is 1.28. The van der Waals surface area contributed by atoms with Crippen molar-refractivity contribution in [3.05, 3.63) is 23.9 Å². The Hall–Kier alpha value is -1.09. The normalized spacial score (nSPS) is 10.8. The minimum atomic E-state index is 0.504. The summed E-state index contributed by atoms with van der Waals surface area (Å²) in [6, 6.07) is 4.66. The minimum Gasteiger partial charge on any atom is -0.357 e. The first kappa shape index (κ1) is 13.0. The van der Waals surface area contributed by atoms with Gasteiger partial charge in [-0.1, -0.05) is 19.9 Å². The van der Waals surface area contributed by atoms with Crippen LogP contribution in [0, 0.1) is 0 Å². The van der Waals surface area contributed by atoms with Crippen molar-refractivity contribution >= 4 is 5.82 Å². The molecule has 90 valence electrons. The fourth-order valence-electron chi connectivity index (χ4n) is 1.69. The quantitative estimate of drug-likeness (QED) is 0.799. The highest BCUT2D eigenvalue weighted by atomic mass is 15.2. The van der Waals surface area contributed by atoms with Crippen molar-refractivity contribution in [2.75, 3.05) is 18.0 Å². The third-order valence-electron chi connectivity index (χ3n) is 2.63. The van der Waals surface area contributed by atoms with E-state index in [1.165, 1.54) is 5.56 Å². The van der Waals surface area contributed by atoms with Gasteiger partial charge in [0.15, 0.2) is 0 Å². The zero-order chi connectivity index (χ0) is 12.0. The second-order valence-electron chi connectivity index (χ2n) is 4.19. The molecule has 16 heavy (non-hydrogen) atoms. The number of nitrogens with zero attached hydrogens (tertiary/aromatic N) is 2. The van der Waals surface area contributed by atoms with E-state index in [0.717, 1.165) is 25.5 Å². The van der Waals surface area contributed by atoms with Gasteiger partial charge in [-0.2, -0.15) is 0 Å². The van der Waals surface area contributed by atoms with Crippen LogP contribution < -0.4 is 10.2 Å². The van der Waals surface area contributed by atoms with Crippen LogP contribution in [0.1, 0.15) is 33.3 Å². The predicted molar refractivity (Wildman–Crippen MR) is 69.8 cm³/mol. The maximum Gasteiger partial charge on any atom is 0.132 e. The van der Waals surface area contributed by atoms with Crippen LogP contribution in [0.3, 0.4) is 0 Å². The molecule has 1 aromatic heterocycles. The number of aromatic nitrogens is 1. The molecule has 0 spiro atoms. The highest BCUT2D eigenvalue weighted by Crippen LogP contribution is 2.16. The van der Waals surface area contributed by atoms with Crippen molar-refractivity contribution in [2.24, 2.45) is 0 Å². The summed E-state index contributed by atoms with van der Waals surface area (Å²) in [5.74, 6) is 1.11. The average molecular weight is 221 g/mol. The number of pyridine rings is 1. The van der Waals surface area contributed by atoms with Gasteiger partial charge in [-0.15, -0.1) is 0 Å². The van der Waals surface area contributed by atoms with Gasteiger partial charge in [0.1, 0.15) is 5.82 Å². The van der Waals surface area contributed by atoms with Crippen LogP contribution in [0.15, 0.2) is 18.3 Å². The van der Waals surface area contributed by atoms with Gasteiger partial charge in [-0.3, -0.25) is 0 Å². The van der Waals surface area contributed by atoms with E-state index in [9.17, 15) is 0 Å². The monoisotopic (exact) mass is 221 g/mol. The highest BCUT2D eigenvalue weighted by Gasteiger charge is 2.08. The number of hydrogen-bond acceptors (Lipinski definition) is 3. The molecule has 0 aliphatic carbocycles. The maximum atomic E-state index is 4.48. The molecular weight excluding hydrogens is 198 g/mol. The van der Waals surface area contributed by atoms with Crippen LogP contribution in [0.2, 0.25) is 0 Å². The summed E-state index contributed by atoms with van der Waals surface area (Å²) >= 11 is 0. The molecular formula is C13H23N3. The van der Waals surface area contributed by atoms with E-state index in [0.29, 0.717) is 6.04 Å². The Morgan fingerprint density at radius 2 is 2.00 bits per heavy atom. The lowest BCUT2D eigenvalue weighted by Crippen LogP contribution is -2.27. The molecule has 0 amide bonds. The first-order valence-corrected chi connectivity index (χ1v) is 6.11. The van der Waals surface area contributed by atoms with Crippen molar-refractivity contribution in [3.8, 4) is 0 Å². The van der Waals surface area contributed by atoms with Crippen LogP contribution in [0.5, 0.6) is 0 Å². The number of rotatable bonds is 6. The molecule has 1 aromatic rings. The van der Waals surface area contributed by atoms with Gasteiger partial charge in [0.25, 0.3) is 0 Å². The number of nitrogens with one attached hydrogen (secondary N) is 1. The Morgan fingerprint density at radius 1 is 1.31 bits per heavy atom. The van der Waals surface area contributed by atoms with Crippen molar-refractivity contribution in [3.63, 3.8) is 0 Å². The molecule has 0 aromatic carbocycles. The summed E-state index contributed by atoms with van der Waals surface area (Å²) in [6.07, 6.45) is 1.87. The molecule has 1 heterocycles. The zero-order valence-electron chi connectivity index (χ0n) is 10.8. The fourth-order valence-corrected chi connectivity index (χ4v) is 1.69. The molecule has 0 saturated carbocycles. The third-order valence-corrected chi connectivity index (χ3v) is 2.63. The average Bonchev–Trinajstić information content (AvgIpc) is 2.29. The fraction of sp³-hybridized carbons (Fsp3) is 0.615. The lowest BCUT2D eigenvalue weighted by molar-refractivity contribution is 0.587. The molecule has 3 nitrogen and oxygen atoms in total. The molecule has 3 heteroatoms. The Morgan fingerprint density at radius 3 is 2.56 bits per heavy atom. The molecule has 0 radical (unpaired) electrons. The minimum absolute atomic E-state index is 0.504. The van der Waals surface area contributed by atoms with Crippen LogP contribution in [0.25, 0.3) is 0 Å². The molecule has 0 fully saturated rings. The standard InChI is InChI=1S/C13H23N3/c1-5-16(6-2)13-12(8-7-9-14-13)10-15-11(3)4/h7-9,11,15H,5-6,10H2,1-4H3. The second kappa shape index (κ2) is 6.48. The smallest absolute Gasteiger partial charge is 0.132 e. The molecule has 0 bridgehead atoms. The zero-order valence-corrected chi connectivity index (χ0v) is 10.8. The van der Waals surface area contributed by atoms with Gasteiger partial charge in [0.2, 0.25) is 0 Å². The van der Waals surface area contributed by atoms with E-state index in [4.69, 9.17) is 0 Å². The topological polar surface area (TPSA) is 28.2 Å². The number of anilines is 1. The summed E-state index contributed by atoms with van der Waals surface area (Å²) in [5, 5.41) is 3.44. The molecule has 0 aliphatic heterocycles. The van der Waals surface area contributed by atoms with Crippen LogP contribution >= 0.6 is 0 Å². The van der Waals surface area contributed by atoms with Crippen LogP contribution in [-0.2, 0) is 6.54 Å². The molecule has 0 unspecified atom stereocenters. The molecule has 1 N–H and O–H groups in total. The lowest BCUT2D eigenvalue weighted by atomic mass is 10.2. The van der Waals surface area contributed by atoms with Gasteiger partial charge in [0.05, 0.1) is 0 Å². The van der Waals surface area contributed by atoms with Gasteiger partial charge in [-0.05, 0) is 19.9 Å². The number of hydrogen-bond donors (Lipinski definition) is 1. The van der Waals surface area contributed by atoms with E-state index >= 15 is 0 Å². The Bertz CT molecular complexity index is 306. The SMILES string of the molecule is CCN(CC)c1ncccc1CNC(C)C. The molecule has 0 atom stereocenters. The summed E-state index contributed by atoms with van der Waals surface area (Å²) in [7, 11) is 0.